The van der Waals surface area contributed by atoms with E-state index in [1.165, 1.54) is 0 Å². The van der Waals surface area contributed by atoms with Gasteiger partial charge in [-0.2, -0.15) is 0 Å². The van der Waals surface area contributed by atoms with E-state index in [-0.39, 0.29) is 5.91 Å². The van der Waals surface area contributed by atoms with Crippen LogP contribution in [0.25, 0.3) is 11.0 Å². The predicted octanol–water partition coefficient (Wildman–Crippen LogP) is 3.29. The molecule has 1 aliphatic heterocycles. The molecule has 0 bridgehead atoms. The fraction of sp³-hybridized carbons (Fsp3) is 0.400. The molecule has 8 heteroatoms. The first-order chi connectivity index (χ1) is 16.1. The monoisotopic (exact) mass is 449 g/mol. The van der Waals surface area contributed by atoms with Gasteiger partial charge in [-0.3, -0.25) is 9.69 Å². The Kier molecular flexibility index (Phi) is 7.36. The number of methoxy groups -OCH3 is 1. The van der Waals surface area contributed by atoms with Gasteiger partial charge in [0.05, 0.1) is 23.3 Å². The summed E-state index contributed by atoms with van der Waals surface area (Å²) in [7, 11) is 5.74. The summed E-state index contributed by atoms with van der Waals surface area (Å²) < 4.78 is 7.42. The Bertz CT molecular complexity index is 1140. The molecule has 0 unspecified atom stereocenters. The number of imidazole rings is 1. The molecule has 8 nitrogen and oxygen atoms in total. The van der Waals surface area contributed by atoms with E-state index in [0.29, 0.717) is 25.5 Å². The summed E-state index contributed by atoms with van der Waals surface area (Å²) in [6.07, 6.45) is 1.71. The number of nitrogens with zero attached hydrogens (tertiary/aromatic N) is 5. The van der Waals surface area contributed by atoms with Crippen molar-refractivity contribution in [2.24, 2.45) is 5.16 Å². The first kappa shape index (κ1) is 22.9. The molecule has 0 radical (unpaired) electrons. The Balaban J connectivity index is 1.59. The van der Waals surface area contributed by atoms with E-state index in [1.807, 2.05) is 56.6 Å². The average Bonchev–Trinajstić information content (AvgIpc) is 3.29. The normalized spacial score (nSPS) is 14.6. The number of fused-ring (bicyclic) bond motifs is 2. The van der Waals surface area contributed by atoms with E-state index < -0.39 is 0 Å². The lowest BCUT2D eigenvalue weighted by Gasteiger charge is -2.17. The second-order valence-electron chi connectivity index (χ2n) is 8.35. The first-order valence-electron chi connectivity index (χ1n) is 11.3. The second-order valence-corrected chi connectivity index (χ2v) is 8.35. The van der Waals surface area contributed by atoms with Crippen molar-refractivity contribution in [2.45, 2.75) is 25.9 Å². The van der Waals surface area contributed by atoms with Gasteiger partial charge in [-0.25, -0.2) is 4.98 Å². The summed E-state index contributed by atoms with van der Waals surface area (Å²) in [4.78, 5) is 27.6. The molecule has 33 heavy (non-hydrogen) atoms. The number of benzene rings is 2. The van der Waals surface area contributed by atoms with Gasteiger partial charge >= 0.3 is 0 Å². The number of hydrogen-bond acceptors (Lipinski definition) is 6. The number of carbonyl (C=O) groups is 1. The van der Waals surface area contributed by atoms with Gasteiger partial charge in [-0.1, -0.05) is 35.5 Å². The van der Waals surface area contributed by atoms with Crippen LogP contribution in [0.5, 0.6) is 0 Å². The van der Waals surface area contributed by atoms with E-state index in [2.05, 4.69) is 20.7 Å². The molecule has 0 spiro atoms. The highest BCUT2D eigenvalue weighted by atomic mass is 16.6. The van der Waals surface area contributed by atoms with Crippen LogP contribution in [0.4, 0.5) is 5.69 Å². The molecule has 174 valence electrons. The van der Waals surface area contributed by atoms with Crippen LogP contribution in [0.3, 0.4) is 0 Å². The molecule has 1 amide bonds. The number of ether oxygens (including phenoxy) is 1. The van der Waals surface area contributed by atoms with Gasteiger partial charge in [0.2, 0.25) is 0 Å². The maximum Gasteiger partial charge on any atom is 0.281 e. The average molecular weight is 450 g/mol. The number of oxime groups is 1. The minimum atomic E-state index is -0.167. The van der Waals surface area contributed by atoms with E-state index in [1.54, 1.807) is 12.0 Å². The maximum atomic E-state index is 13.4. The van der Waals surface area contributed by atoms with Gasteiger partial charge in [-0.15, -0.1) is 0 Å². The Morgan fingerprint density at radius 3 is 2.64 bits per heavy atom. The van der Waals surface area contributed by atoms with Crippen molar-refractivity contribution in [1.29, 1.82) is 0 Å². The van der Waals surface area contributed by atoms with Gasteiger partial charge in [0, 0.05) is 32.4 Å². The van der Waals surface area contributed by atoms with E-state index >= 15 is 0 Å². The maximum absolute atomic E-state index is 13.4. The Labute approximate surface area is 194 Å². The van der Waals surface area contributed by atoms with Crippen molar-refractivity contribution in [2.75, 3.05) is 45.9 Å². The third-order valence-electron chi connectivity index (χ3n) is 5.66. The highest BCUT2D eigenvalue weighted by molar-refractivity contribution is 6.54. The minimum absolute atomic E-state index is 0.167. The number of hydrogen-bond donors (Lipinski definition) is 0. The highest BCUT2D eigenvalue weighted by Gasteiger charge is 2.35. The molecule has 1 aromatic heterocycles. The lowest BCUT2D eigenvalue weighted by molar-refractivity contribution is -0.112. The third-order valence-corrected chi connectivity index (χ3v) is 5.66. The number of aryl methyl sites for hydroxylation is 1. The molecule has 4 rings (SSSR count). The van der Waals surface area contributed by atoms with Gasteiger partial charge < -0.3 is 19.0 Å². The molecule has 1 aliphatic rings. The van der Waals surface area contributed by atoms with Crippen molar-refractivity contribution in [1.82, 2.24) is 14.5 Å². The SMILES string of the molecule is COCCCn1c(CN2C(=O)/C(=N/OCCCN(C)C)c3ccccc32)nc2ccccc21. The van der Waals surface area contributed by atoms with Crippen LogP contribution in [-0.2, 0) is 27.5 Å². The number of rotatable bonds is 11. The molecule has 0 atom stereocenters. The van der Waals surface area contributed by atoms with E-state index in [4.69, 9.17) is 14.6 Å². The summed E-state index contributed by atoms with van der Waals surface area (Å²) in [5.41, 5.74) is 3.94. The van der Waals surface area contributed by atoms with Crippen LogP contribution in [0.2, 0.25) is 0 Å². The number of carbonyl (C=O) groups excluding carboxylic acids is 1. The summed E-state index contributed by atoms with van der Waals surface area (Å²) in [5.74, 6) is 0.669. The molecule has 2 aromatic carbocycles. The van der Waals surface area contributed by atoms with Gasteiger partial charge in [0.25, 0.3) is 5.91 Å². The van der Waals surface area contributed by atoms with Gasteiger partial charge in [-0.05, 0) is 45.1 Å². The molecule has 0 saturated heterocycles. The van der Waals surface area contributed by atoms with Gasteiger partial charge in [0.15, 0.2) is 5.71 Å². The van der Waals surface area contributed by atoms with Crippen LogP contribution in [-0.4, -0.2) is 67.0 Å². The van der Waals surface area contributed by atoms with Crippen LogP contribution in [0, 0.1) is 0 Å². The topological polar surface area (TPSA) is 72.2 Å². The van der Waals surface area contributed by atoms with Crippen molar-refractivity contribution in [3.63, 3.8) is 0 Å². The fourth-order valence-corrected chi connectivity index (χ4v) is 4.07. The van der Waals surface area contributed by atoms with Crippen molar-refractivity contribution in [3.8, 4) is 0 Å². The molecule has 3 aromatic rings. The molecule has 0 fully saturated rings. The summed E-state index contributed by atoms with van der Waals surface area (Å²) in [6, 6.07) is 15.8. The van der Waals surface area contributed by atoms with Gasteiger partial charge in [0.1, 0.15) is 12.4 Å². The Morgan fingerprint density at radius 1 is 1.03 bits per heavy atom. The van der Waals surface area contributed by atoms with E-state index in [9.17, 15) is 4.79 Å². The largest absolute Gasteiger partial charge is 0.395 e. The van der Waals surface area contributed by atoms with Crippen molar-refractivity contribution < 1.29 is 14.4 Å². The summed E-state index contributed by atoms with van der Waals surface area (Å²) in [6.45, 7) is 3.16. The van der Waals surface area contributed by atoms with Crippen molar-refractivity contribution >= 4 is 28.3 Å². The quantitative estimate of drug-likeness (QED) is 0.332. The van der Waals surface area contributed by atoms with Crippen LogP contribution in [0.1, 0.15) is 24.2 Å². The zero-order valence-electron chi connectivity index (χ0n) is 19.5. The lowest BCUT2D eigenvalue weighted by atomic mass is 10.1. The highest BCUT2D eigenvalue weighted by Crippen LogP contribution is 2.31. The zero-order valence-corrected chi connectivity index (χ0v) is 19.5. The first-order valence-corrected chi connectivity index (χ1v) is 11.3. The Hall–Kier alpha value is -3.23. The number of anilines is 1. The summed E-state index contributed by atoms with van der Waals surface area (Å²) >= 11 is 0. The molecule has 0 N–H and O–H groups in total. The summed E-state index contributed by atoms with van der Waals surface area (Å²) in [5, 5.41) is 4.22. The van der Waals surface area contributed by atoms with E-state index in [0.717, 1.165) is 54.0 Å². The third kappa shape index (κ3) is 5.07. The van der Waals surface area contributed by atoms with Crippen LogP contribution < -0.4 is 4.90 Å². The molecular formula is C25H31N5O3. The fourth-order valence-electron chi connectivity index (χ4n) is 4.07. The van der Waals surface area contributed by atoms with Crippen LogP contribution in [0.15, 0.2) is 53.7 Å². The number of aromatic nitrogens is 2. The number of para-hydroxylation sites is 3. The molecule has 2 heterocycles. The molecular weight excluding hydrogens is 418 g/mol. The van der Waals surface area contributed by atoms with Crippen LogP contribution >= 0.6 is 0 Å². The lowest BCUT2D eigenvalue weighted by Crippen LogP contribution is -2.31. The second kappa shape index (κ2) is 10.6. The standard InChI is InChI=1S/C25H31N5O3/c1-28(2)14-8-17-33-27-24-19-10-4-6-12-21(19)30(25(24)31)18-23-26-20-11-5-7-13-22(20)29(23)15-9-16-32-3/h4-7,10-13H,8-9,14-18H2,1-3H3/b27-24+. The minimum Gasteiger partial charge on any atom is -0.395 e. The van der Waals surface area contributed by atoms with Crippen molar-refractivity contribution in [3.05, 3.63) is 59.9 Å². The molecule has 0 saturated carbocycles. The smallest absolute Gasteiger partial charge is 0.281 e. The predicted molar refractivity (Wildman–Crippen MR) is 130 cm³/mol. The molecule has 0 aliphatic carbocycles. The number of amides is 1. The Morgan fingerprint density at radius 2 is 1.82 bits per heavy atom. The zero-order chi connectivity index (χ0) is 23.2.